The zero-order valence-corrected chi connectivity index (χ0v) is 19.5. The number of likely N-dealkylation sites (tertiary alicyclic amines) is 1. The Kier molecular flexibility index (Phi) is 10.6. The summed E-state index contributed by atoms with van der Waals surface area (Å²) in [6, 6.07) is 5.95. The van der Waals surface area contributed by atoms with Crippen LogP contribution in [0.25, 0.3) is 0 Å². The minimum atomic E-state index is -5.08. The number of carbonyl (C=O) groups excluding carboxylic acids is 1. The van der Waals surface area contributed by atoms with E-state index in [0.29, 0.717) is 6.61 Å². The maximum atomic E-state index is 11.8. The lowest BCUT2D eigenvalue weighted by molar-refractivity contribution is -0.198. The van der Waals surface area contributed by atoms with Crippen molar-refractivity contribution in [3.8, 4) is 0 Å². The van der Waals surface area contributed by atoms with Gasteiger partial charge in [0, 0.05) is 38.9 Å². The average molecular weight is 532 g/mol. The number of rotatable bonds is 3. The van der Waals surface area contributed by atoms with Crippen molar-refractivity contribution < 1.29 is 55.7 Å². The topological polar surface area (TPSA) is 132 Å². The summed E-state index contributed by atoms with van der Waals surface area (Å²) in [7, 11) is 3.66. The van der Waals surface area contributed by atoms with Crippen molar-refractivity contribution in [2.75, 3.05) is 40.3 Å². The fraction of sp³-hybridized carbons (Fsp3) is 0.600. The van der Waals surface area contributed by atoms with Crippen LogP contribution in [-0.2, 0) is 25.7 Å². The van der Waals surface area contributed by atoms with Crippen LogP contribution in [0.15, 0.2) is 18.2 Å². The number of carboxylic acids is 2. The number of nitrogens with one attached hydrogen (secondary N) is 1. The third-order valence-corrected chi connectivity index (χ3v) is 5.01. The summed E-state index contributed by atoms with van der Waals surface area (Å²) >= 11 is 0. The maximum Gasteiger partial charge on any atom is 0.490 e. The maximum absolute atomic E-state index is 11.8. The van der Waals surface area contributed by atoms with Gasteiger partial charge >= 0.3 is 24.3 Å². The van der Waals surface area contributed by atoms with Crippen LogP contribution < -0.4 is 5.32 Å². The number of nitrogens with zero attached hydrogens (tertiary/aromatic N) is 3. The number of aliphatic carboxylic acids is 2. The summed E-state index contributed by atoms with van der Waals surface area (Å²) in [4.78, 5) is 38.6. The van der Waals surface area contributed by atoms with E-state index in [0.717, 1.165) is 37.6 Å². The van der Waals surface area contributed by atoms with Gasteiger partial charge in [-0.3, -0.25) is 19.6 Å². The lowest BCUT2D eigenvalue weighted by Gasteiger charge is -2.54. The smallest absolute Gasteiger partial charge is 0.475 e. The highest BCUT2D eigenvalue weighted by atomic mass is 19.4. The predicted molar refractivity (Wildman–Crippen MR) is 111 cm³/mol. The molecule has 0 saturated carbocycles. The molecule has 36 heavy (non-hydrogen) atoms. The highest BCUT2D eigenvalue weighted by Crippen LogP contribution is 2.31. The Morgan fingerprint density at radius 3 is 1.97 bits per heavy atom. The second kappa shape index (κ2) is 12.3. The summed E-state index contributed by atoms with van der Waals surface area (Å²) in [6.45, 7) is 5.92. The third-order valence-electron chi connectivity index (χ3n) is 5.01. The van der Waals surface area contributed by atoms with Crippen LogP contribution in [0, 0.1) is 6.92 Å². The lowest BCUT2D eigenvalue weighted by atomic mass is 9.90. The van der Waals surface area contributed by atoms with Crippen LogP contribution >= 0.6 is 0 Å². The van der Waals surface area contributed by atoms with E-state index in [1.807, 2.05) is 26.1 Å². The van der Waals surface area contributed by atoms with Crippen molar-refractivity contribution in [1.29, 1.82) is 0 Å². The Morgan fingerprint density at radius 1 is 1.08 bits per heavy atom. The van der Waals surface area contributed by atoms with E-state index < -0.39 is 24.3 Å². The number of halogens is 6. The van der Waals surface area contributed by atoms with E-state index in [2.05, 4.69) is 26.2 Å². The number of aromatic nitrogens is 1. The van der Waals surface area contributed by atoms with Crippen molar-refractivity contribution in [2.24, 2.45) is 0 Å². The van der Waals surface area contributed by atoms with E-state index in [-0.39, 0.29) is 17.6 Å². The van der Waals surface area contributed by atoms with Crippen LogP contribution in [0.5, 0.6) is 0 Å². The van der Waals surface area contributed by atoms with Crippen molar-refractivity contribution in [3.05, 3.63) is 29.6 Å². The Bertz CT molecular complexity index is 897. The van der Waals surface area contributed by atoms with E-state index >= 15 is 0 Å². The van der Waals surface area contributed by atoms with E-state index in [1.54, 1.807) is 7.05 Å². The number of alkyl halides is 6. The monoisotopic (exact) mass is 532 g/mol. The van der Waals surface area contributed by atoms with E-state index in [4.69, 9.17) is 24.5 Å². The highest BCUT2D eigenvalue weighted by Gasteiger charge is 2.49. The summed E-state index contributed by atoms with van der Waals surface area (Å²) in [5.41, 5.74) is 2.03. The van der Waals surface area contributed by atoms with Gasteiger partial charge < -0.3 is 20.3 Å². The molecule has 0 aromatic carbocycles. The van der Waals surface area contributed by atoms with Crippen molar-refractivity contribution in [2.45, 2.75) is 37.5 Å². The minimum Gasteiger partial charge on any atom is -0.475 e. The number of aryl methyl sites for hydroxylation is 1. The van der Waals surface area contributed by atoms with Crippen LogP contribution in [0.3, 0.4) is 0 Å². The van der Waals surface area contributed by atoms with Gasteiger partial charge in [-0.2, -0.15) is 26.3 Å². The first-order valence-electron chi connectivity index (χ1n) is 10.2. The van der Waals surface area contributed by atoms with Gasteiger partial charge in [-0.05, 0) is 26.1 Å². The minimum absolute atomic E-state index is 0.0255. The zero-order valence-electron chi connectivity index (χ0n) is 19.5. The Hall–Kier alpha value is -2.98. The molecule has 1 atom stereocenters. The number of hydrogen-bond donors (Lipinski definition) is 3. The van der Waals surface area contributed by atoms with E-state index in [9.17, 15) is 31.1 Å². The number of likely N-dealkylation sites (N-methyl/N-ethyl adjacent to an activating group) is 2. The number of carbonyl (C=O) groups is 3. The van der Waals surface area contributed by atoms with Crippen LogP contribution in [0.2, 0.25) is 0 Å². The van der Waals surface area contributed by atoms with Crippen molar-refractivity contribution in [3.63, 3.8) is 0 Å². The first-order chi connectivity index (χ1) is 16.4. The molecule has 0 radical (unpaired) electrons. The van der Waals surface area contributed by atoms with E-state index in [1.165, 1.54) is 0 Å². The van der Waals surface area contributed by atoms with Gasteiger partial charge in [0.2, 0.25) is 5.91 Å². The Labute approximate surface area is 201 Å². The fourth-order valence-electron chi connectivity index (χ4n) is 3.42. The molecule has 2 aliphatic rings. The quantitative estimate of drug-likeness (QED) is 0.493. The highest BCUT2D eigenvalue weighted by molar-refractivity contribution is 5.81. The molecule has 1 aromatic rings. The molecule has 204 valence electrons. The molecule has 2 aliphatic heterocycles. The molecule has 1 spiro atoms. The number of amides is 1. The molecule has 3 rings (SSSR count). The second-order valence-electron chi connectivity index (χ2n) is 8.06. The summed E-state index contributed by atoms with van der Waals surface area (Å²) in [5.74, 6) is -5.49. The number of hydrogen-bond acceptors (Lipinski definition) is 7. The molecular formula is C20H26F6N4O6. The first-order valence-corrected chi connectivity index (χ1v) is 10.2. The van der Waals surface area contributed by atoms with Gasteiger partial charge in [-0.1, -0.05) is 6.07 Å². The van der Waals surface area contributed by atoms with Gasteiger partial charge in [0.15, 0.2) is 0 Å². The average Bonchev–Trinajstić information content (AvgIpc) is 2.72. The summed E-state index contributed by atoms with van der Waals surface area (Å²) in [5, 5.41) is 16.9. The Morgan fingerprint density at radius 2 is 1.58 bits per heavy atom. The number of carboxylic acid groups (broad SMARTS) is 2. The van der Waals surface area contributed by atoms with Gasteiger partial charge in [0.05, 0.1) is 12.3 Å². The summed E-state index contributed by atoms with van der Waals surface area (Å²) in [6.07, 6.45) is -10.2. The molecule has 0 aliphatic carbocycles. The standard InChI is InChI=1S/C16H24N4O2.2C2HF3O2/c1-12-5-4-6-13(18-12)7-20-10-16(11-20)9-19(3)14(8-22-16)15(21)17-2;2*3-2(4,5)1(6)7/h4-6,14H,7-11H2,1-3H3,(H,17,21);2*(H,6,7). The molecule has 3 N–H and O–H groups in total. The van der Waals surface area contributed by atoms with Crippen LogP contribution in [0.4, 0.5) is 26.3 Å². The zero-order chi connectivity index (χ0) is 27.9. The van der Waals surface area contributed by atoms with Gasteiger partial charge in [-0.25, -0.2) is 9.59 Å². The third kappa shape index (κ3) is 9.58. The second-order valence-corrected chi connectivity index (χ2v) is 8.06. The van der Waals surface area contributed by atoms with Gasteiger partial charge in [0.25, 0.3) is 0 Å². The predicted octanol–water partition coefficient (Wildman–Crippen LogP) is 1.29. The number of pyridine rings is 1. The molecule has 1 unspecified atom stereocenters. The fourth-order valence-corrected chi connectivity index (χ4v) is 3.42. The Balaban J connectivity index is 0.000000383. The van der Waals surface area contributed by atoms with Crippen molar-refractivity contribution >= 4 is 17.8 Å². The largest absolute Gasteiger partial charge is 0.490 e. The number of morpholine rings is 1. The normalized spacial score (nSPS) is 19.6. The number of ether oxygens (including phenoxy) is 1. The SMILES string of the molecule is CNC(=O)C1COC2(CN(Cc3cccc(C)n3)C2)CN1C.O=C(O)C(F)(F)F.O=C(O)C(F)(F)F. The molecule has 1 amide bonds. The molecule has 0 bridgehead atoms. The molecule has 16 heteroatoms. The molecule has 3 heterocycles. The summed E-state index contributed by atoms with van der Waals surface area (Å²) < 4.78 is 69.5. The molecule has 10 nitrogen and oxygen atoms in total. The molecular weight excluding hydrogens is 506 g/mol. The van der Waals surface area contributed by atoms with Crippen LogP contribution in [-0.4, -0.2) is 107 Å². The van der Waals surface area contributed by atoms with Crippen molar-refractivity contribution in [1.82, 2.24) is 20.1 Å². The molecule has 2 saturated heterocycles. The molecule has 1 aromatic heterocycles. The van der Waals surface area contributed by atoms with Crippen LogP contribution in [0.1, 0.15) is 11.4 Å². The van der Waals surface area contributed by atoms with Gasteiger partial charge in [0.1, 0.15) is 11.6 Å². The first kappa shape index (κ1) is 31.1. The van der Waals surface area contributed by atoms with Gasteiger partial charge in [-0.15, -0.1) is 0 Å². The molecule has 2 fully saturated rings. The lowest BCUT2D eigenvalue weighted by Crippen LogP contribution is -2.72.